The molecular weight excluding hydrogens is 472 g/mol. The molecule has 0 saturated carbocycles. The summed E-state index contributed by atoms with van der Waals surface area (Å²) in [4.78, 5) is -0.131. The standard InChI is InChI=1S/C22H19F2N3O4S2/c1-32(28,29)26-19-10-4-15(5-11-19)21-14-22(16-2-6-17(23)7-3-16)27(25-21)33(30,31)20-12-8-18(24)9-13-20/h2-13,22,26H,14H2,1H3. The van der Waals surface area contributed by atoms with Crippen LogP contribution in [0.15, 0.2) is 82.8 Å². The molecule has 1 heterocycles. The summed E-state index contributed by atoms with van der Waals surface area (Å²) < 4.78 is 79.6. The molecule has 7 nitrogen and oxygen atoms in total. The molecule has 0 bridgehead atoms. The van der Waals surface area contributed by atoms with Crippen LogP contribution in [0.4, 0.5) is 14.5 Å². The number of benzene rings is 3. The third-order valence-electron chi connectivity index (χ3n) is 5.01. The zero-order valence-electron chi connectivity index (χ0n) is 17.3. The number of hydrazone groups is 1. The van der Waals surface area contributed by atoms with Crippen molar-refractivity contribution < 1.29 is 25.6 Å². The van der Waals surface area contributed by atoms with E-state index in [2.05, 4.69) is 9.82 Å². The number of hydrogen-bond donors (Lipinski definition) is 1. The van der Waals surface area contributed by atoms with Crippen LogP contribution in [0.2, 0.25) is 0 Å². The summed E-state index contributed by atoms with van der Waals surface area (Å²) in [6.45, 7) is 0. The first-order valence-corrected chi connectivity index (χ1v) is 13.1. The number of nitrogens with zero attached hydrogens (tertiary/aromatic N) is 2. The van der Waals surface area contributed by atoms with Crippen molar-refractivity contribution in [1.29, 1.82) is 0 Å². The van der Waals surface area contributed by atoms with Crippen molar-refractivity contribution in [2.24, 2.45) is 5.10 Å². The highest BCUT2D eigenvalue weighted by atomic mass is 32.2. The van der Waals surface area contributed by atoms with Crippen molar-refractivity contribution in [2.45, 2.75) is 17.4 Å². The average Bonchev–Trinajstić information content (AvgIpc) is 3.20. The molecule has 1 aliphatic heterocycles. The quantitative estimate of drug-likeness (QED) is 0.566. The molecule has 3 aromatic rings. The zero-order chi connectivity index (χ0) is 23.8. The van der Waals surface area contributed by atoms with Crippen LogP contribution < -0.4 is 4.72 Å². The third-order valence-corrected chi connectivity index (χ3v) is 7.31. The van der Waals surface area contributed by atoms with E-state index >= 15 is 0 Å². The van der Waals surface area contributed by atoms with Gasteiger partial charge in [0.15, 0.2) is 0 Å². The van der Waals surface area contributed by atoms with Crippen LogP contribution in [0.25, 0.3) is 0 Å². The SMILES string of the molecule is CS(=O)(=O)Nc1ccc(C2=NN(S(=O)(=O)c3ccc(F)cc3)C(c3ccc(F)cc3)C2)cc1. The van der Waals surface area contributed by atoms with Crippen LogP contribution in [0.5, 0.6) is 0 Å². The molecule has 1 atom stereocenters. The van der Waals surface area contributed by atoms with Gasteiger partial charge in [-0.2, -0.15) is 17.9 Å². The Hall–Kier alpha value is -3.31. The van der Waals surface area contributed by atoms with Crippen LogP contribution in [0.1, 0.15) is 23.6 Å². The Morgan fingerprint density at radius 2 is 1.39 bits per heavy atom. The Morgan fingerprint density at radius 3 is 1.94 bits per heavy atom. The first kappa shape index (κ1) is 22.9. The number of anilines is 1. The fraction of sp³-hybridized carbons (Fsp3) is 0.136. The lowest BCUT2D eigenvalue weighted by Crippen LogP contribution is -2.27. The lowest BCUT2D eigenvalue weighted by atomic mass is 9.99. The third kappa shape index (κ3) is 5.04. The van der Waals surface area contributed by atoms with E-state index in [0.29, 0.717) is 22.5 Å². The van der Waals surface area contributed by atoms with Gasteiger partial charge in [-0.05, 0) is 59.7 Å². The minimum atomic E-state index is -4.14. The predicted octanol–water partition coefficient (Wildman–Crippen LogP) is 3.88. The highest BCUT2D eigenvalue weighted by molar-refractivity contribution is 7.92. The molecular formula is C22H19F2N3O4S2. The second kappa shape index (κ2) is 8.56. The first-order chi connectivity index (χ1) is 15.5. The molecule has 0 aromatic heterocycles. The van der Waals surface area contributed by atoms with Crippen LogP contribution in [0, 0.1) is 11.6 Å². The minimum Gasteiger partial charge on any atom is -0.284 e. The van der Waals surface area contributed by atoms with Crippen LogP contribution in [-0.4, -0.2) is 33.2 Å². The molecule has 0 saturated heterocycles. The molecule has 1 aliphatic rings. The van der Waals surface area contributed by atoms with Gasteiger partial charge in [0.05, 0.1) is 22.9 Å². The topological polar surface area (TPSA) is 95.9 Å². The van der Waals surface area contributed by atoms with E-state index in [9.17, 15) is 25.6 Å². The Bertz CT molecular complexity index is 1410. The van der Waals surface area contributed by atoms with E-state index in [4.69, 9.17) is 0 Å². The predicted molar refractivity (Wildman–Crippen MR) is 121 cm³/mol. The van der Waals surface area contributed by atoms with Gasteiger partial charge in [0, 0.05) is 12.1 Å². The van der Waals surface area contributed by atoms with Crippen molar-refractivity contribution in [3.63, 3.8) is 0 Å². The van der Waals surface area contributed by atoms with Crippen molar-refractivity contribution in [1.82, 2.24) is 4.41 Å². The maximum Gasteiger partial charge on any atom is 0.279 e. The molecule has 4 rings (SSSR count). The van der Waals surface area contributed by atoms with E-state index in [-0.39, 0.29) is 11.3 Å². The highest BCUT2D eigenvalue weighted by Crippen LogP contribution is 2.37. The van der Waals surface area contributed by atoms with Gasteiger partial charge in [0.25, 0.3) is 10.0 Å². The van der Waals surface area contributed by atoms with Crippen molar-refractivity contribution in [2.75, 3.05) is 11.0 Å². The number of halogens is 2. The van der Waals surface area contributed by atoms with Crippen LogP contribution in [0.3, 0.4) is 0 Å². The molecule has 0 aliphatic carbocycles. The molecule has 0 fully saturated rings. The lowest BCUT2D eigenvalue weighted by Gasteiger charge is -2.23. The molecule has 3 aromatic carbocycles. The molecule has 1 unspecified atom stereocenters. The van der Waals surface area contributed by atoms with Crippen LogP contribution >= 0.6 is 0 Å². The Morgan fingerprint density at radius 1 is 0.848 bits per heavy atom. The van der Waals surface area contributed by atoms with Gasteiger partial charge < -0.3 is 0 Å². The number of nitrogens with one attached hydrogen (secondary N) is 1. The van der Waals surface area contributed by atoms with Gasteiger partial charge >= 0.3 is 0 Å². The molecule has 0 spiro atoms. The average molecular weight is 492 g/mol. The number of rotatable bonds is 6. The van der Waals surface area contributed by atoms with E-state index in [0.717, 1.165) is 34.9 Å². The van der Waals surface area contributed by atoms with E-state index in [1.807, 2.05) is 0 Å². The number of hydrogen-bond acceptors (Lipinski definition) is 5. The second-order valence-electron chi connectivity index (χ2n) is 7.50. The summed E-state index contributed by atoms with van der Waals surface area (Å²) in [6.07, 6.45) is 1.23. The minimum absolute atomic E-state index is 0.131. The van der Waals surface area contributed by atoms with Gasteiger partial charge in [-0.25, -0.2) is 17.2 Å². The van der Waals surface area contributed by atoms with Gasteiger partial charge in [-0.3, -0.25) is 4.72 Å². The summed E-state index contributed by atoms with van der Waals surface area (Å²) in [5.74, 6) is -1.03. The maximum absolute atomic E-state index is 13.5. The summed E-state index contributed by atoms with van der Waals surface area (Å²) in [5.41, 5.74) is 1.93. The van der Waals surface area contributed by atoms with Crippen molar-refractivity contribution in [3.8, 4) is 0 Å². The van der Waals surface area contributed by atoms with Crippen molar-refractivity contribution >= 4 is 31.4 Å². The molecule has 0 radical (unpaired) electrons. The Kier molecular flexibility index (Phi) is 5.93. The van der Waals surface area contributed by atoms with Crippen molar-refractivity contribution in [3.05, 3.63) is 95.6 Å². The van der Waals surface area contributed by atoms with E-state index < -0.39 is 37.7 Å². The largest absolute Gasteiger partial charge is 0.284 e. The van der Waals surface area contributed by atoms with Gasteiger partial charge in [-0.1, -0.05) is 24.3 Å². The summed E-state index contributed by atoms with van der Waals surface area (Å²) >= 11 is 0. The maximum atomic E-state index is 13.5. The van der Waals surface area contributed by atoms with Crippen LogP contribution in [-0.2, 0) is 20.0 Å². The molecule has 172 valence electrons. The van der Waals surface area contributed by atoms with Gasteiger partial charge in [-0.15, -0.1) is 0 Å². The summed E-state index contributed by atoms with van der Waals surface area (Å²) in [6, 6.07) is 15.5. The summed E-state index contributed by atoms with van der Waals surface area (Å²) in [7, 11) is -7.59. The fourth-order valence-corrected chi connectivity index (χ4v) is 5.47. The molecule has 0 amide bonds. The highest BCUT2D eigenvalue weighted by Gasteiger charge is 2.37. The smallest absolute Gasteiger partial charge is 0.279 e. The van der Waals surface area contributed by atoms with E-state index in [1.54, 1.807) is 24.3 Å². The van der Waals surface area contributed by atoms with Gasteiger partial charge in [0.1, 0.15) is 11.6 Å². The fourth-order valence-electron chi connectivity index (χ4n) is 3.48. The second-order valence-corrected chi connectivity index (χ2v) is 11.0. The Labute approximate surface area is 190 Å². The number of sulfonamides is 2. The normalized spacial score (nSPS) is 16.5. The van der Waals surface area contributed by atoms with Gasteiger partial charge in [0.2, 0.25) is 10.0 Å². The molecule has 11 heteroatoms. The first-order valence-electron chi connectivity index (χ1n) is 9.74. The van der Waals surface area contributed by atoms with E-state index in [1.165, 1.54) is 24.3 Å². The monoisotopic (exact) mass is 491 g/mol. The lowest BCUT2D eigenvalue weighted by molar-refractivity contribution is 0.371. The summed E-state index contributed by atoms with van der Waals surface area (Å²) in [5, 5.41) is 4.35. The zero-order valence-corrected chi connectivity index (χ0v) is 18.9. The Balaban J connectivity index is 1.73. The molecule has 1 N–H and O–H groups in total. The molecule has 33 heavy (non-hydrogen) atoms.